The standard InChI is InChI=1S/C24H28N4O/c1-17-9-10-18(2)21(13-17)22-15-25-24(27(22)3)26-23(29)20-8-6-7-19(14-20)16-28-11-4-5-12-28/h6-10,13-15H,4-5,11-12,16H2,1-3H3,(H,25,26,29). The van der Waals surface area contributed by atoms with Crippen LogP contribution in [0.25, 0.3) is 11.3 Å². The van der Waals surface area contributed by atoms with Gasteiger partial charge in [0.05, 0.1) is 11.9 Å². The minimum Gasteiger partial charge on any atom is -0.313 e. The minimum absolute atomic E-state index is 0.130. The van der Waals surface area contributed by atoms with E-state index in [1.54, 1.807) is 0 Å². The molecule has 2 aromatic carbocycles. The molecule has 29 heavy (non-hydrogen) atoms. The number of hydrogen-bond donors (Lipinski definition) is 1. The lowest BCUT2D eigenvalue weighted by atomic mass is 10.0. The van der Waals surface area contributed by atoms with Crippen LogP contribution in [0.4, 0.5) is 5.95 Å². The van der Waals surface area contributed by atoms with Crippen molar-refractivity contribution < 1.29 is 4.79 Å². The van der Waals surface area contributed by atoms with Crippen LogP contribution in [0.3, 0.4) is 0 Å². The Morgan fingerprint density at radius 3 is 2.69 bits per heavy atom. The Bertz CT molecular complexity index is 1030. The third-order valence-electron chi connectivity index (χ3n) is 5.68. The third kappa shape index (κ3) is 4.25. The summed E-state index contributed by atoms with van der Waals surface area (Å²) in [6.45, 7) is 7.36. The molecule has 5 heteroatoms. The van der Waals surface area contributed by atoms with Crippen molar-refractivity contribution in [2.45, 2.75) is 33.2 Å². The van der Waals surface area contributed by atoms with Crippen LogP contribution < -0.4 is 5.32 Å². The first kappa shape index (κ1) is 19.4. The number of aryl methyl sites for hydroxylation is 2. The van der Waals surface area contributed by atoms with Gasteiger partial charge in [0, 0.05) is 24.7 Å². The van der Waals surface area contributed by atoms with Crippen LogP contribution in [0.1, 0.15) is 39.9 Å². The van der Waals surface area contributed by atoms with Gasteiger partial charge in [0.25, 0.3) is 5.91 Å². The molecule has 0 atom stereocenters. The number of carbonyl (C=O) groups excluding carboxylic acids is 1. The second-order valence-electron chi connectivity index (χ2n) is 7.98. The molecule has 1 aromatic heterocycles. The lowest BCUT2D eigenvalue weighted by molar-refractivity contribution is 0.102. The van der Waals surface area contributed by atoms with Gasteiger partial charge in [-0.3, -0.25) is 15.0 Å². The maximum absolute atomic E-state index is 12.8. The number of nitrogens with one attached hydrogen (secondary N) is 1. The monoisotopic (exact) mass is 388 g/mol. The van der Waals surface area contributed by atoms with Crippen molar-refractivity contribution in [1.82, 2.24) is 14.5 Å². The van der Waals surface area contributed by atoms with Crippen LogP contribution in [0, 0.1) is 13.8 Å². The maximum atomic E-state index is 12.8. The molecule has 1 aliphatic heterocycles. The topological polar surface area (TPSA) is 50.2 Å². The number of likely N-dealkylation sites (tertiary alicyclic amines) is 1. The second kappa shape index (κ2) is 8.21. The first-order valence-electron chi connectivity index (χ1n) is 10.2. The van der Waals surface area contributed by atoms with Crippen LogP contribution in [-0.4, -0.2) is 33.4 Å². The molecular weight excluding hydrogens is 360 g/mol. The summed E-state index contributed by atoms with van der Waals surface area (Å²) in [4.78, 5) is 19.7. The van der Waals surface area contributed by atoms with Crippen LogP contribution in [0.2, 0.25) is 0 Å². The molecule has 0 unspecified atom stereocenters. The smallest absolute Gasteiger partial charge is 0.257 e. The molecule has 0 aliphatic carbocycles. The van der Waals surface area contributed by atoms with Crippen molar-refractivity contribution in [3.05, 3.63) is 70.9 Å². The maximum Gasteiger partial charge on any atom is 0.257 e. The summed E-state index contributed by atoms with van der Waals surface area (Å²) in [5.41, 5.74) is 6.35. The van der Waals surface area contributed by atoms with E-state index in [9.17, 15) is 4.79 Å². The Morgan fingerprint density at radius 2 is 1.90 bits per heavy atom. The Hall–Kier alpha value is -2.92. The van der Waals surface area contributed by atoms with Gasteiger partial charge < -0.3 is 4.57 Å². The SMILES string of the molecule is Cc1ccc(C)c(-c2cnc(NC(=O)c3cccc(CN4CCCC4)c3)n2C)c1. The van der Waals surface area contributed by atoms with Crippen molar-refractivity contribution in [1.29, 1.82) is 0 Å². The van der Waals surface area contributed by atoms with Gasteiger partial charge >= 0.3 is 0 Å². The van der Waals surface area contributed by atoms with E-state index in [0.717, 1.165) is 30.9 Å². The van der Waals surface area contributed by atoms with Gasteiger partial charge in [-0.15, -0.1) is 0 Å². The van der Waals surface area contributed by atoms with Gasteiger partial charge in [-0.05, 0) is 69.1 Å². The third-order valence-corrected chi connectivity index (χ3v) is 5.68. The predicted molar refractivity (Wildman–Crippen MR) is 117 cm³/mol. The lowest BCUT2D eigenvalue weighted by Gasteiger charge is -2.15. The van der Waals surface area contributed by atoms with Crippen molar-refractivity contribution >= 4 is 11.9 Å². The fraction of sp³-hybridized carbons (Fsp3) is 0.333. The number of benzene rings is 2. The molecule has 1 saturated heterocycles. The molecule has 0 bridgehead atoms. The Kier molecular flexibility index (Phi) is 5.49. The molecule has 2 heterocycles. The van der Waals surface area contributed by atoms with Gasteiger partial charge in [-0.25, -0.2) is 4.98 Å². The molecule has 1 amide bonds. The van der Waals surface area contributed by atoms with E-state index in [1.165, 1.54) is 29.5 Å². The molecule has 1 N–H and O–H groups in total. The second-order valence-corrected chi connectivity index (χ2v) is 7.98. The zero-order valence-electron chi connectivity index (χ0n) is 17.4. The summed E-state index contributed by atoms with van der Waals surface area (Å²) in [5, 5.41) is 2.97. The molecule has 0 radical (unpaired) electrons. The van der Waals surface area contributed by atoms with E-state index in [2.05, 4.69) is 53.3 Å². The number of aromatic nitrogens is 2. The average Bonchev–Trinajstić information content (AvgIpc) is 3.34. The van der Waals surface area contributed by atoms with Gasteiger partial charge in [-0.2, -0.15) is 0 Å². The fourth-order valence-electron chi connectivity index (χ4n) is 3.97. The van der Waals surface area contributed by atoms with Crippen LogP contribution >= 0.6 is 0 Å². The summed E-state index contributed by atoms with van der Waals surface area (Å²) >= 11 is 0. The van der Waals surface area contributed by atoms with E-state index in [-0.39, 0.29) is 5.91 Å². The molecule has 5 nitrogen and oxygen atoms in total. The molecule has 3 aromatic rings. The zero-order valence-corrected chi connectivity index (χ0v) is 17.4. The predicted octanol–water partition coefficient (Wildman–Crippen LogP) is 4.55. The number of nitrogens with zero attached hydrogens (tertiary/aromatic N) is 3. The van der Waals surface area contributed by atoms with Gasteiger partial charge in [0.2, 0.25) is 5.95 Å². The molecule has 0 saturated carbocycles. The Morgan fingerprint density at radius 1 is 1.10 bits per heavy atom. The van der Waals surface area contributed by atoms with Crippen LogP contribution in [0.5, 0.6) is 0 Å². The van der Waals surface area contributed by atoms with E-state index in [1.807, 2.05) is 36.0 Å². The average molecular weight is 389 g/mol. The van der Waals surface area contributed by atoms with E-state index in [0.29, 0.717) is 11.5 Å². The largest absolute Gasteiger partial charge is 0.313 e. The highest BCUT2D eigenvalue weighted by molar-refractivity contribution is 6.03. The minimum atomic E-state index is -0.130. The zero-order chi connectivity index (χ0) is 20.4. The number of rotatable bonds is 5. The molecular formula is C24H28N4O. The summed E-state index contributed by atoms with van der Waals surface area (Å²) < 4.78 is 1.94. The first-order valence-corrected chi connectivity index (χ1v) is 10.2. The molecule has 1 aliphatic rings. The quantitative estimate of drug-likeness (QED) is 0.697. The van der Waals surface area contributed by atoms with Gasteiger partial charge in [-0.1, -0.05) is 29.8 Å². The van der Waals surface area contributed by atoms with Crippen molar-refractivity contribution in [2.24, 2.45) is 7.05 Å². The highest BCUT2D eigenvalue weighted by Gasteiger charge is 2.16. The van der Waals surface area contributed by atoms with E-state index >= 15 is 0 Å². The van der Waals surface area contributed by atoms with E-state index < -0.39 is 0 Å². The lowest BCUT2D eigenvalue weighted by Crippen LogP contribution is -2.19. The fourth-order valence-corrected chi connectivity index (χ4v) is 3.97. The van der Waals surface area contributed by atoms with Crippen molar-refractivity contribution in [3.8, 4) is 11.3 Å². The van der Waals surface area contributed by atoms with Crippen LogP contribution in [0.15, 0.2) is 48.7 Å². The van der Waals surface area contributed by atoms with Crippen molar-refractivity contribution in [3.63, 3.8) is 0 Å². The number of imidazole rings is 1. The highest BCUT2D eigenvalue weighted by Crippen LogP contribution is 2.26. The summed E-state index contributed by atoms with van der Waals surface area (Å²) in [7, 11) is 1.93. The normalized spacial score (nSPS) is 14.3. The van der Waals surface area contributed by atoms with Gasteiger partial charge in [0.1, 0.15) is 0 Å². The highest BCUT2D eigenvalue weighted by atomic mass is 16.1. The summed E-state index contributed by atoms with van der Waals surface area (Å²) in [5.74, 6) is 0.422. The molecule has 4 rings (SSSR count). The number of hydrogen-bond acceptors (Lipinski definition) is 3. The molecule has 0 spiro atoms. The van der Waals surface area contributed by atoms with E-state index in [4.69, 9.17) is 0 Å². The number of carbonyl (C=O) groups is 1. The summed E-state index contributed by atoms with van der Waals surface area (Å²) in [6, 6.07) is 14.3. The Labute approximate surface area is 172 Å². The molecule has 150 valence electrons. The first-order chi connectivity index (χ1) is 14.0. The summed E-state index contributed by atoms with van der Waals surface area (Å²) in [6.07, 6.45) is 4.35. The number of anilines is 1. The van der Waals surface area contributed by atoms with Crippen molar-refractivity contribution in [2.75, 3.05) is 18.4 Å². The van der Waals surface area contributed by atoms with Crippen LogP contribution in [-0.2, 0) is 13.6 Å². The Balaban J connectivity index is 1.52. The molecule has 1 fully saturated rings. The number of amides is 1. The van der Waals surface area contributed by atoms with Gasteiger partial charge in [0.15, 0.2) is 0 Å².